The van der Waals surface area contributed by atoms with Gasteiger partial charge in [0.25, 0.3) is 0 Å². The van der Waals surface area contributed by atoms with Crippen LogP contribution in [0.25, 0.3) is 0 Å². The summed E-state index contributed by atoms with van der Waals surface area (Å²) in [6, 6.07) is 17.0. The molecule has 0 saturated carbocycles. The van der Waals surface area contributed by atoms with Crippen molar-refractivity contribution in [3.8, 4) is 0 Å². The average Bonchev–Trinajstić information content (AvgIpc) is 2.62. The Hall–Kier alpha value is -1.80. The number of rotatable bonds is 4. The number of benzene rings is 2. The van der Waals surface area contributed by atoms with Gasteiger partial charge in [0.05, 0.1) is 6.10 Å². The summed E-state index contributed by atoms with van der Waals surface area (Å²) in [5.74, 6) is 0.364. The van der Waals surface area contributed by atoms with Gasteiger partial charge in [-0.05, 0) is 49.3 Å². The molecule has 1 N–H and O–H groups in total. The molecule has 1 unspecified atom stereocenters. The van der Waals surface area contributed by atoms with Crippen LogP contribution in [0.4, 0.5) is 5.69 Å². The van der Waals surface area contributed by atoms with E-state index in [9.17, 15) is 5.11 Å². The Morgan fingerprint density at radius 3 is 2.35 bits per heavy atom. The van der Waals surface area contributed by atoms with Crippen molar-refractivity contribution in [2.75, 3.05) is 18.0 Å². The van der Waals surface area contributed by atoms with Crippen LogP contribution in [-0.2, 0) is 6.42 Å². The van der Waals surface area contributed by atoms with Crippen molar-refractivity contribution >= 4 is 5.69 Å². The van der Waals surface area contributed by atoms with Gasteiger partial charge >= 0.3 is 0 Å². The van der Waals surface area contributed by atoms with Gasteiger partial charge in [0.15, 0.2) is 0 Å². The summed E-state index contributed by atoms with van der Waals surface area (Å²) < 4.78 is 0. The number of nitrogens with zero attached hydrogens (tertiary/aromatic N) is 1. The summed E-state index contributed by atoms with van der Waals surface area (Å²) in [6.45, 7) is 6.36. The Balaban J connectivity index is 1.65. The summed E-state index contributed by atoms with van der Waals surface area (Å²) in [5.41, 5.74) is 5.10. The van der Waals surface area contributed by atoms with Crippen LogP contribution in [-0.4, -0.2) is 18.2 Å². The van der Waals surface area contributed by atoms with E-state index in [-0.39, 0.29) is 6.10 Å². The molecule has 1 heterocycles. The van der Waals surface area contributed by atoms with E-state index in [4.69, 9.17) is 0 Å². The van der Waals surface area contributed by atoms with Crippen molar-refractivity contribution in [1.29, 1.82) is 0 Å². The maximum absolute atomic E-state index is 10.7. The van der Waals surface area contributed by atoms with Gasteiger partial charge in [0.2, 0.25) is 0 Å². The predicted molar refractivity (Wildman–Crippen MR) is 96.9 cm³/mol. The second-order valence-corrected chi connectivity index (χ2v) is 6.66. The van der Waals surface area contributed by atoms with Crippen molar-refractivity contribution in [3.05, 3.63) is 65.2 Å². The minimum atomic E-state index is -0.334. The number of hydrogen-bond acceptors (Lipinski definition) is 2. The van der Waals surface area contributed by atoms with Crippen LogP contribution in [0.1, 0.15) is 42.6 Å². The standard InChI is InChI=1S/C21H27NO/c1-3-17-6-4-5-7-20(17)22-14-12-19(13-15-22)21(23)18-10-8-16(2)9-11-18/h4-11,19,21,23H,3,12-15H2,1-2H3. The Morgan fingerprint density at radius 1 is 1.04 bits per heavy atom. The summed E-state index contributed by atoms with van der Waals surface area (Å²) >= 11 is 0. The molecule has 2 nitrogen and oxygen atoms in total. The lowest BCUT2D eigenvalue weighted by molar-refractivity contribution is 0.0929. The number of hydrogen-bond donors (Lipinski definition) is 1. The van der Waals surface area contributed by atoms with Crippen molar-refractivity contribution in [2.24, 2.45) is 5.92 Å². The molecule has 1 aliphatic heterocycles. The van der Waals surface area contributed by atoms with Crippen LogP contribution in [0.5, 0.6) is 0 Å². The molecule has 3 rings (SSSR count). The van der Waals surface area contributed by atoms with Gasteiger partial charge in [-0.15, -0.1) is 0 Å². The lowest BCUT2D eigenvalue weighted by atomic mass is 9.87. The molecule has 1 saturated heterocycles. The topological polar surface area (TPSA) is 23.5 Å². The zero-order valence-corrected chi connectivity index (χ0v) is 14.2. The zero-order chi connectivity index (χ0) is 16.2. The maximum atomic E-state index is 10.7. The van der Waals surface area contributed by atoms with Gasteiger partial charge in [-0.2, -0.15) is 0 Å². The van der Waals surface area contributed by atoms with Crippen molar-refractivity contribution < 1.29 is 5.11 Å². The molecule has 0 amide bonds. The molecule has 0 aliphatic carbocycles. The molecule has 0 aromatic heterocycles. The third kappa shape index (κ3) is 3.59. The summed E-state index contributed by atoms with van der Waals surface area (Å²) in [5, 5.41) is 10.7. The molecule has 1 fully saturated rings. The molecule has 1 aliphatic rings. The molecule has 0 bridgehead atoms. The van der Waals surface area contributed by atoms with E-state index in [0.717, 1.165) is 37.9 Å². The van der Waals surface area contributed by atoms with Crippen LogP contribution in [0.2, 0.25) is 0 Å². The first-order valence-electron chi connectivity index (χ1n) is 8.76. The van der Waals surface area contributed by atoms with Crippen molar-refractivity contribution in [2.45, 2.75) is 39.2 Å². The number of anilines is 1. The van der Waals surface area contributed by atoms with Crippen molar-refractivity contribution in [1.82, 2.24) is 0 Å². The third-order valence-electron chi connectivity index (χ3n) is 5.12. The average molecular weight is 309 g/mol. The Bertz CT molecular complexity index is 627. The van der Waals surface area contributed by atoms with E-state index < -0.39 is 0 Å². The lowest BCUT2D eigenvalue weighted by Gasteiger charge is -2.36. The molecular formula is C21H27NO. The maximum Gasteiger partial charge on any atom is 0.0819 e. The highest BCUT2D eigenvalue weighted by atomic mass is 16.3. The fraction of sp³-hybridized carbons (Fsp3) is 0.429. The fourth-order valence-corrected chi connectivity index (χ4v) is 3.61. The van der Waals surface area contributed by atoms with Gasteiger partial charge in [0, 0.05) is 18.8 Å². The normalized spacial score (nSPS) is 17.3. The molecule has 0 radical (unpaired) electrons. The van der Waals surface area contributed by atoms with Gasteiger partial charge < -0.3 is 10.0 Å². The number of aliphatic hydroxyl groups is 1. The lowest BCUT2D eigenvalue weighted by Crippen LogP contribution is -2.36. The van der Waals surface area contributed by atoms with Gasteiger partial charge in [-0.3, -0.25) is 0 Å². The first-order chi connectivity index (χ1) is 11.2. The molecule has 23 heavy (non-hydrogen) atoms. The molecular weight excluding hydrogens is 282 g/mol. The smallest absolute Gasteiger partial charge is 0.0819 e. The van der Waals surface area contributed by atoms with E-state index in [0.29, 0.717) is 5.92 Å². The molecule has 122 valence electrons. The van der Waals surface area contributed by atoms with E-state index in [1.54, 1.807) is 0 Å². The first-order valence-corrected chi connectivity index (χ1v) is 8.76. The zero-order valence-electron chi connectivity index (χ0n) is 14.2. The highest BCUT2D eigenvalue weighted by Crippen LogP contribution is 2.33. The largest absolute Gasteiger partial charge is 0.388 e. The summed E-state index contributed by atoms with van der Waals surface area (Å²) in [6.07, 6.45) is 2.83. The van der Waals surface area contributed by atoms with Gasteiger partial charge in [-0.25, -0.2) is 0 Å². The number of aliphatic hydroxyl groups excluding tert-OH is 1. The van der Waals surface area contributed by atoms with Crippen molar-refractivity contribution in [3.63, 3.8) is 0 Å². The Morgan fingerprint density at radius 2 is 1.70 bits per heavy atom. The fourth-order valence-electron chi connectivity index (χ4n) is 3.61. The number of para-hydroxylation sites is 1. The van der Waals surface area contributed by atoms with E-state index >= 15 is 0 Å². The molecule has 2 aromatic rings. The highest BCUT2D eigenvalue weighted by molar-refractivity contribution is 5.54. The second-order valence-electron chi connectivity index (χ2n) is 6.66. The molecule has 2 aromatic carbocycles. The van der Waals surface area contributed by atoms with Gasteiger partial charge in [-0.1, -0.05) is 55.0 Å². The molecule has 0 spiro atoms. The quantitative estimate of drug-likeness (QED) is 0.898. The first kappa shape index (κ1) is 16.1. The minimum absolute atomic E-state index is 0.334. The Labute approximate surface area is 139 Å². The number of aryl methyl sites for hydroxylation is 2. The van der Waals surface area contributed by atoms with E-state index in [1.165, 1.54) is 16.8 Å². The van der Waals surface area contributed by atoms with E-state index in [1.807, 2.05) is 0 Å². The highest BCUT2D eigenvalue weighted by Gasteiger charge is 2.26. The second kappa shape index (κ2) is 7.18. The molecule has 2 heteroatoms. The SMILES string of the molecule is CCc1ccccc1N1CCC(C(O)c2ccc(C)cc2)CC1. The Kier molecular flexibility index (Phi) is 5.02. The summed E-state index contributed by atoms with van der Waals surface area (Å²) in [4.78, 5) is 2.48. The monoisotopic (exact) mass is 309 g/mol. The summed E-state index contributed by atoms with van der Waals surface area (Å²) in [7, 11) is 0. The predicted octanol–water partition coefficient (Wildman–Crippen LogP) is 4.51. The number of piperidine rings is 1. The van der Waals surface area contributed by atoms with E-state index in [2.05, 4.69) is 67.3 Å². The minimum Gasteiger partial charge on any atom is -0.388 e. The van der Waals surface area contributed by atoms with Crippen LogP contribution < -0.4 is 4.90 Å². The molecule has 1 atom stereocenters. The van der Waals surface area contributed by atoms with Gasteiger partial charge in [0.1, 0.15) is 0 Å². The third-order valence-corrected chi connectivity index (χ3v) is 5.12. The van der Waals surface area contributed by atoms with Crippen LogP contribution in [0, 0.1) is 12.8 Å². The van der Waals surface area contributed by atoms with Crippen LogP contribution >= 0.6 is 0 Å². The van der Waals surface area contributed by atoms with Crippen LogP contribution in [0.15, 0.2) is 48.5 Å². The van der Waals surface area contributed by atoms with Crippen LogP contribution in [0.3, 0.4) is 0 Å².